The maximum atomic E-state index is 10.7. The molecular formula is C13H17ClO3. The number of carboxylic acid groups (broad SMARTS) is 1. The minimum atomic E-state index is -0.813. The average Bonchev–Trinajstić information content (AvgIpc) is 2.14. The molecule has 4 heteroatoms. The maximum absolute atomic E-state index is 10.7. The second-order valence-electron chi connectivity index (χ2n) is 4.93. The Morgan fingerprint density at radius 1 is 1.47 bits per heavy atom. The van der Waals surface area contributed by atoms with Crippen molar-refractivity contribution in [1.29, 1.82) is 0 Å². The minimum Gasteiger partial charge on any atom is -0.493 e. The van der Waals surface area contributed by atoms with Gasteiger partial charge in [0.05, 0.1) is 13.0 Å². The number of halogens is 1. The molecule has 17 heavy (non-hydrogen) atoms. The van der Waals surface area contributed by atoms with Gasteiger partial charge < -0.3 is 9.84 Å². The third-order valence-corrected chi connectivity index (χ3v) is 2.62. The molecule has 1 N–H and O–H groups in total. The standard InChI is InChI=1S/C13H17ClO3/c1-9-6-10(14)4-5-11(9)17-8-13(2,3)7-12(15)16/h4-6H,7-8H2,1-3H3,(H,15,16). The molecule has 1 rings (SSSR count). The predicted molar refractivity (Wildman–Crippen MR) is 67.7 cm³/mol. The Bertz CT molecular complexity index is 413. The van der Waals surface area contributed by atoms with Crippen LogP contribution in [0.3, 0.4) is 0 Å². The van der Waals surface area contributed by atoms with Gasteiger partial charge >= 0.3 is 5.97 Å². The van der Waals surface area contributed by atoms with Crippen molar-refractivity contribution in [3.05, 3.63) is 28.8 Å². The van der Waals surface area contributed by atoms with Crippen molar-refractivity contribution in [3.63, 3.8) is 0 Å². The Morgan fingerprint density at radius 2 is 2.12 bits per heavy atom. The number of aryl methyl sites for hydroxylation is 1. The summed E-state index contributed by atoms with van der Waals surface area (Å²) in [6.45, 7) is 6.01. The van der Waals surface area contributed by atoms with Gasteiger partial charge in [-0.2, -0.15) is 0 Å². The summed E-state index contributed by atoms with van der Waals surface area (Å²) in [5.41, 5.74) is 0.557. The van der Waals surface area contributed by atoms with Gasteiger partial charge in [-0.25, -0.2) is 0 Å². The van der Waals surface area contributed by atoms with Crippen LogP contribution < -0.4 is 4.74 Å². The van der Waals surface area contributed by atoms with Gasteiger partial charge in [0.25, 0.3) is 0 Å². The van der Waals surface area contributed by atoms with Gasteiger partial charge in [-0.1, -0.05) is 25.4 Å². The first kappa shape index (κ1) is 13.8. The zero-order chi connectivity index (χ0) is 13.1. The summed E-state index contributed by atoms with van der Waals surface area (Å²) in [6.07, 6.45) is 0.0830. The molecule has 0 amide bonds. The van der Waals surface area contributed by atoms with Crippen molar-refractivity contribution in [3.8, 4) is 5.75 Å². The quantitative estimate of drug-likeness (QED) is 0.877. The highest BCUT2D eigenvalue weighted by atomic mass is 35.5. The third-order valence-electron chi connectivity index (χ3n) is 2.39. The van der Waals surface area contributed by atoms with Crippen molar-refractivity contribution >= 4 is 17.6 Å². The van der Waals surface area contributed by atoms with E-state index in [1.807, 2.05) is 26.8 Å². The van der Waals surface area contributed by atoms with E-state index in [9.17, 15) is 4.79 Å². The van der Waals surface area contributed by atoms with Crippen LogP contribution in [0.1, 0.15) is 25.8 Å². The molecule has 0 saturated carbocycles. The van der Waals surface area contributed by atoms with Crippen LogP contribution in [0.25, 0.3) is 0 Å². The van der Waals surface area contributed by atoms with Crippen LogP contribution >= 0.6 is 11.6 Å². The van der Waals surface area contributed by atoms with Crippen LogP contribution in [0.5, 0.6) is 5.75 Å². The molecule has 0 aromatic heterocycles. The number of carbonyl (C=O) groups is 1. The van der Waals surface area contributed by atoms with Gasteiger partial charge in [-0.3, -0.25) is 4.79 Å². The number of benzene rings is 1. The fraction of sp³-hybridized carbons (Fsp3) is 0.462. The zero-order valence-corrected chi connectivity index (χ0v) is 11.0. The van der Waals surface area contributed by atoms with Crippen LogP contribution in [0.15, 0.2) is 18.2 Å². The first-order chi connectivity index (χ1) is 7.80. The Balaban J connectivity index is 2.64. The topological polar surface area (TPSA) is 46.5 Å². The van der Waals surface area contributed by atoms with Crippen LogP contribution in [0.2, 0.25) is 5.02 Å². The monoisotopic (exact) mass is 256 g/mol. The molecule has 1 aromatic rings. The molecule has 0 heterocycles. The van der Waals surface area contributed by atoms with E-state index in [1.165, 1.54) is 0 Å². The molecule has 1 aromatic carbocycles. The summed E-state index contributed by atoms with van der Waals surface area (Å²) < 4.78 is 5.64. The number of rotatable bonds is 5. The van der Waals surface area contributed by atoms with Crippen molar-refractivity contribution in [2.75, 3.05) is 6.61 Å². The number of hydrogen-bond acceptors (Lipinski definition) is 2. The SMILES string of the molecule is Cc1cc(Cl)ccc1OCC(C)(C)CC(=O)O. The fourth-order valence-electron chi connectivity index (χ4n) is 1.51. The Morgan fingerprint density at radius 3 is 2.65 bits per heavy atom. The molecular weight excluding hydrogens is 240 g/mol. The summed E-state index contributed by atoms with van der Waals surface area (Å²) in [4.78, 5) is 10.7. The second kappa shape index (κ2) is 5.41. The lowest BCUT2D eigenvalue weighted by Gasteiger charge is -2.23. The van der Waals surface area contributed by atoms with Crippen LogP contribution in [0, 0.1) is 12.3 Å². The molecule has 0 unspecified atom stereocenters. The Labute approximate surface area is 106 Å². The van der Waals surface area contributed by atoms with Gasteiger partial charge in [0.1, 0.15) is 5.75 Å². The van der Waals surface area contributed by atoms with E-state index in [-0.39, 0.29) is 6.42 Å². The Kier molecular flexibility index (Phi) is 4.40. The van der Waals surface area contributed by atoms with Gasteiger partial charge in [-0.05, 0) is 30.7 Å². The van der Waals surface area contributed by atoms with E-state index in [1.54, 1.807) is 12.1 Å². The Hall–Kier alpha value is -1.22. The molecule has 0 bridgehead atoms. The molecule has 94 valence electrons. The fourth-order valence-corrected chi connectivity index (χ4v) is 1.73. The van der Waals surface area contributed by atoms with Crippen LogP contribution in [0.4, 0.5) is 0 Å². The number of hydrogen-bond donors (Lipinski definition) is 1. The lowest BCUT2D eigenvalue weighted by molar-refractivity contribution is -0.139. The summed E-state index contributed by atoms with van der Waals surface area (Å²) in [5, 5.41) is 9.43. The lowest BCUT2D eigenvalue weighted by Crippen LogP contribution is -2.24. The van der Waals surface area contributed by atoms with Gasteiger partial charge in [0, 0.05) is 10.4 Å². The summed E-state index contributed by atoms with van der Waals surface area (Å²) in [6, 6.07) is 5.38. The van der Waals surface area contributed by atoms with Gasteiger partial charge in [0.15, 0.2) is 0 Å². The van der Waals surface area contributed by atoms with Crippen molar-refractivity contribution in [2.45, 2.75) is 27.2 Å². The third kappa shape index (κ3) is 4.65. The molecule has 0 saturated heterocycles. The van der Waals surface area contributed by atoms with Crippen molar-refractivity contribution < 1.29 is 14.6 Å². The van der Waals surface area contributed by atoms with Gasteiger partial charge in [-0.15, -0.1) is 0 Å². The van der Waals surface area contributed by atoms with Crippen molar-refractivity contribution in [1.82, 2.24) is 0 Å². The van der Waals surface area contributed by atoms with E-state index < -0.39 is 11.4 Å². The highest BCUT2D eigenvalue weighted by Gasteiger charge is 2.23. The minimum absolute atomic E-state index is 0.0830. The number of carboxylic acids is 1. The summed E-state index contributed by atoms with van der Waals surface area (Å²) in [7, 11) is 0. The highest BCUT2D eigenvalue weighted by molar-refractivity contribution is 6.30. The molecule has 0 atom stereocenters. The van der Waals surface area contributed by atoms with E-state index in [4.69, 9.17) is 21.4 Å². The first-order valence-electron chi connectivity index (χ1n) is 5.41. The van der Waals surface area contributed by atoms with Gasteiger partial charge in [0.2, 0.25) is 0 Å². The van der Waals surface area contributed by atoms with E-state index in [2.05, 4.69) is 0 Å². The molecule has 0 fully saturated rings. The molecule has 0 spiro atoms. The average molecular weight is 257 g/mol. The largest absolute Gasteiger partial charge is 0.493 e. The zero-order valence-electron chi connectivity index (χ0n) is 10.3. The summed E-state index contributed by atoms with van der Waals surface area (Å²) in [5.74, 6) is -0.0701. The van der Waals surface area contributed by atoms with E-state index >= 15 is 0 Å². The van der Waals surface area contributed by atoms with Crippen LogP contribution in [-0.2, 0) is 4.79 Å². The normalized spacial score (nSPS) is 11.3. The predicted octanol–water partition coefficient (Wildman–Crippen LogP) is 3.53. The molecule has 0 aliphatic carbocycles. The van der Waals surface area contributed by atoms with Crippen LogP contribution in [-0.4, -0.2) is 17.7 Å². The van der Waals surface area contributed by atoms with E-state index in [0.717, 1.165) is 11.3 Å². The smallest absolute Gasteiger partial charge is 0.304 e. The lowest BCUT2D eigenvalue weighted by atomic mass is 9.90. The highest BCUT2D eigenvalue weighted by Crippen LogP contribution is 2.26. The summed E-state index contributed by atoms with van der Waals surface area (Å²) >= 11 is 5.84. The van der Waals surface area contributed by atoms with Crippen molar-refractivity contribution in [2.24, 2.45) is 5.41 Å². The molecule has 0 aliphatic rings. The maximum Gasteiger partial charge on any atom is 0.304 e. The first-order valence-corrected chi connectivity index (χ1v) is 5.79. The molecule has 0 radical (unpaired) electrons. The number of ether oxygens (including phenoxy) is 1. The molecule has 3 nitrogen and oxygen atoms in total. The van der Waals surface area contributed by atoms with E-state index in [0.29, 0.717) is 11.6 Å². The number of aliphatic carboxylic acids is 1. The second-order valence-corrected chi connectivity index (χ2v) is 5.37. The molecule has 0 aliphatic heterocycles.